The minimum Gasteiger partial charge on any atom is -0.390 e. The molecule has 12 nitrogen and oxygen atoms in total. The van der Waals surface area contributed by atoms with Crippen molar-refractivity contribution in [2.75, 3.05) is 11.5 Å². The predicted molar refractivity (Wildman–Crippen MR) is 80.5 cm³/mol. The highest BCUT2D eigenvalue weighted by molar-refractivity contribution is 7.52. The van der Waals surface area contributed by atoms with Gasteiger partial charge in [-0.1, -0.05) is 0 Å². The van der Waals surface area contributed by atoms with Crippen molar-refractivity contribution in [1.29, 1.82) is 0 Å². The van der Waals surface area contributed by atoms with Crippen molar-refractivity contribution in [3.8, 4) is 0 Å². The normalized spacial score (nSPS) is 24.7. The molecule has 0 aromatic carbocycles. The molecule has 1 saturated heterocycles. The summed E-state index contributed by atoms with van der Waals surface area (Å²) in [4.78, 5) is 30.1. The highest BCUT2D eigenvalue weighted by atomic mass is 31.2. The van der Waals surface area contributed by atoms with Gasteiger partial charge in [0, 0.05) is 6.42 Å². The number of hydrogen-bond donors (Lipinski definition) is 6. The quantitative estimate of drug-likeness (QED) is 0.362. The number of ether oxygens (including phenoxy) is 1. The van der Waals surface area contributed by atoms with Crippen LogP contribution in [0.1, 0.15) is 6.42 Å². The second-order valence-corrected chi connectivity index (χ2v) is 6.81. The molecule has 3 atom stereocenters. The Morgan fingerprint density at radius 2 is 2.09 bits per heavy atom. The minimum absolute atomic E-state index is 0. The Bertz CT molecular complexity index is 761. The van der Waals surface area contributed by atoms with Crippen LogP contribution in [0.2, 0.25) is 0 Å². The number of hydrogen-bond acceptors (Lipinski definition) is 9. The molecular weight excluding hydrogens is 329 g/mol. The fraction of sp³-hybridized carbons (Fsp3) is 0.500. The van der Waals surface area contributed by atoms with E-state index in [2.05, 4.69) is 15.0 Å². The summed E-state index contributed by atoms with van der Waals surface area (Å²) in [6, 6.07) is 0. The number of anilines is 2. The molecule has 2 aromatic heterocycles. The van der Waals surface area contributed by atoms with E-state index >= 15 is 0 Å². The molecule has 1 fully saturated rings. The number of nitrogens with zero attached hydrogens (tertiary/aromatic N) is 4. The zero-order valence-electron chi connectivity index (χ0n) is 12.0. The predicted octanol–water partition coefficient (Wildman–Crippen LogP) is -1.19. The zero-order valence-corrected chi connectivity index (χ0v) is 12.9. The summed E-state index contributed by atoms with van der Waals surface area (Å²) in [6.07, 6.45) is -0.518. The number of imidazole rings is 1. The Kier molecular flexibility index (Phi) is 4.57. The first-order chi connectivity index (χ1) is 10.3. The molecule has 0 spiro atoms. The van der Waals surface area contributed by atoms with Gasteiger partial charge in [-0.3, -0.25) is 4.57 Å². The van der Waals surface area contributed by atoms with Crippen LogP contribution < -0.4 is 17.6 Å². The maximum absolute atomic E-state index is 11.2. The Labute approximate surface area is 130 Å². The summed E-state index contributed by atoms with van der Waals surface area (Å²) in [5, 5.41) is 9.92. The van der Waals surface area contributed by atoms with Crippen molar-refractivity contribution in [2.45, 2.75) is 31.0 Å². The average Bonchev–Trinajstić information content (AvgIpc) is 2.95. The van der Waals surface area contributed by atoms with Gasteiger partial charge in [0.2, 0.25) is 5.95 Å². The second-order valence-electron chi connectivity index (χ2n) is 5.06. The van der Waals surface area contributed by atoms with Crippen LogP contribution in [0.3, 0.4) is 0 Å². The van der Waals surface area contributed by atoms with E-state index in [-0.39, 0.29) is 30.9 Å². The van der Waals surface area contributed by atoms with Crippen LogP contribution in [-0.4, -0.2) is 52.5 Å². The van der Waals surface area contributed by atoms with E-state index in [4.69, 9.17) is 26.0 Å². The molecule has 0 saturated carbocycles. The summed E-state index contributed by atoms with van der Waals surface area (Å²) in [6.45, 7) is 0.101. The van der Waals surface area contributed by atoms with Gasteiger partial charge in [0.25, 0.3) is 0 Å². The number of nitrogens with two attached hydrogens (primary N) is 2. The van der Waals surface area contributed by atoms with Gasteiger partial charge in [-0.2, -0.15) is 9.97 Å². The van der Waals surface area contributed by atoms with Crippen LogP contribution in [0.5, 0.6) is 0 Å². The Morgan fingerprint density at radius 3 is 2.70 bits per heavy atom. The third-order valence-electron chi connectivity index (χ3n) is 3.46. The maximum Gasteiger partial charge on any atom is 0.354 e. The number of aliphatic hydroxyl groups is 1. The lowest BCUT2D eigenvalue weighted by Crippen LogP contribution is -2.26. The lowest BCUT2D eigenvalue weighted by atomic mass is 10.2. The van der Waals surface area contributed by atoms with Gasteiger partial charge in [0.15, 0.2) is 17.3 Å². The van der Waals surface area contributed by atoms with Crippen molar-refractivity contribution in [3.05, 3.63) is 6.33 Å². The highest BCUT2D eigenvalue weighted by Crippen LogP contribution is 2.48. The van der Waals surface area contributed by atoms with Crippen molar-refractivity contribution < 1.29 is 24.2 Å². The molecule has 2 aromatic rings. The van der Waals surface area contributed by atoms with Gasteiger partial charge >= 0.3 is 7.60 Å². The van der Waals surface area contributed by atoms with Crippen molar-refractivity contribution in [3.63, 3.8) is 0 Å². The zero-order chi connectivity index (χ0) is 16.1. The van der Waals surface area contributed by atoms with Gasteiger partial charge < -0.3 is 41.8 Å². The molecule has 0 bridgehead atoms. The first-order valence-corrected chi connectivity index (χ1v) is 8.06. The Hall–Kier alpha value is -1.82. The second kappa shape index (κ2) is 6.00. The summed E-state index contributed by atoms with van der Waals surface area (Å²) in [7, 11) is -4.41. The fourth-order valence-corrected chi connectivity index (χ4v) is 3.20. The summed E-state index contributed by atoms with van der Waals surface area (Å²) >= 11 is 0. The molecule has 0 radical (unpaired) electrons. The Morgan fingerprint density at radius 1 is 1.39 bits per heavy atom. The lowest BCUT2D eigenvalue weighted by molar-refractivity contribution is 0.0163. The van der Waals surface area contributed by atoms with Gasteiger partial charge in [-0.25, -0.2) is 4.98 Å². The van der Waals surface area contributed by atoms with Crippen LogP contribution in [-0.2, 0) is 15.8 Å². The molecule has 0 aliphatic carbocycles. The lowest BCUT2D eigenvalue weighted by Gasteiger charge is -2.16. The van der Waals surface area contributed by atoms with E-state index in [1.165, 1.54) is 6.33 Å². The molecule has 1 aliphatic heterocycles. The van der Waals surface area contributed by atoms with E-state index in [0.717, 1.165) is 0 Å². The Balaban J connectivity index is 0.00000192. The number of aromatic nitrogens is 4. The van der Waals surface area contributed by atoms with Crippen molar-refractivity contribution in [2.24, 2.45) is 0 Å². The van der Waals surface area contributed by atoms with Crippen LogP contribution >= 0.6 is 7.60 Å². The molecule has 13 heteroatoms. The van der Waals surface area contributed by atoms with E-state index in [1.54, 1.807) is 4.57 Å². The number of aliphatic hydroxyl groups excluding tert-OH is 1. The molecule has 3 heterocycles. The smallest absolute Gasteiger partial charge is 0.354 e. The topological polar surface area (TPSA) is 218 Å². The molecule has 1 aliphatic rings. The number of nitrogen functional groups attached to an aromatic ring is 2. The molecule has 128 valence electrons. The standard InChI is InChI=1S/C10H15N6O5P.H3N/c11-8-7-9(15-10(12)14-8)16(3-13-7)2-5-4(17)1-6(21-5)22(18,19)20;/h3-6,17H,1-2H2,(H2,18,19,20)(H4,11,12,14,15);1H3/t4-,5+,6-;/m0./s1. The molecule has 0 amide bonds. The highest BCUT2D eigenvalue weighted by Gasteiger charge is 2.43. The molecule has 0 unspecified atom stereocenters. The van der Waals surface area contributed by atoms with E-state index in [9.17, 15) is 9.67 Å². The fourth-order valence-electron chi connectivity index (χ4n) is 2.40. The van der Waals surface area contributed by atoms with Crippen LogP contribution in [0.15, 0.2) is 6.33 Å². The first kappa shape index (κ1) is 17.5. The first-order valence-electron chi connectivity index (χ1n) is 6.38. The number of fused-ring (bicyclic) bond motifs is 1. The molecule has 3 rings (SSSR count). The number of rotatable bonds is 3. The van der Waals surface area contributed by atoms with Gasteiger partial charge in [-0.15, -0.1) is 0 Å². The van der Waals surface area contributed by atoms with Crippen LogP contribution in [0.4, 0.5) is 11.8 Å². The molecular formula is C10H18N7O5P. The van der Waals surface area contributed by atoms with Gasteiger partial charge in [0.1, 0.15) is 11.6 Å². The van der Waals surface area contributed by atoms with Crippen LogP contribution in [0, 0.1) is 0 Å². The van der Waals surface area contributed by atoms with Crippen molar-refractivity contribution in [1.82, 2.24) is 25.7 Å². The molecule has 10 N–H and O–H groups in total. The van der Waals surface area contributed by atoms with E-state index < -0.39 is 25.6 Å². The third kappa shape index (κ3) is 3.27. The molecule has 23 heavy (non-hydrogen) atoms. The third-order valence-corrected chi connectivity index (χ3v) is 4.55. The summed E-state index contributed by atoms with van der Waals surface area (Å²) in [5.41, 5.74) is 12.0. The van der Waals surface area contributed by atoms with E-state index in [0.29, 0.717) is 11.2 Å². The van der Waals surface area contributed by atoms with Gasteiger partial charge in [-0.05, 0) is 0 Å². The van der Waals surface area contributed by atoms with Crippen LogP contribution in [0.25, 0.3) is 11.2 Å². The van der Waals surface area contributed by atoms with Crippen molar-refractivity contribution >= 4 is 30.5 Å². The maximum atomic E-state index is 11.2. The largest absolute Gasteiger partial charge is 0.390 e. The summed E-state index contributed by atoms with van der Waals surface area (Å²) < 4.78 is 18.0. The van der Waals surface area contributed by atoms with Gasteiger partial charge in [0.05, 0.1) is 19.0 Å². The SMILES string of the molecule is N.Nc1nc(N)c2ncn(C[C@H]3O[C@@H](P(=O)(O)O)C[C@@H]3O)c2n1. The average molecular weight is 347 g/mol. The monoisotopic (exact) mass is 347 g/mol. The minimum atomic E-state index is -4.41. The van der Waals surface area contributed by atoms with E-state index in [1.807, 2.05) is 0 Å². The summed E-state index contributed by atoms with van der Waals surface area (Å²) in [5.74, 6) is -1.21.